The molecule has 0 saturated heterocycles. The molecular formula is C13H20ClNO. The number of hydrogen-bond acceptors (Lipinski definition) is 2. The van der Waals surface area contributed by atoms with Gasteiger partial charge in [-0.2, -0.15) is 0 Å². The number of hydrogen-bond donors (Lipinski definition) is 2. The van der Waals surface area contributed by atoms with E-state index in [1.165, 1.54) is 0 Å². The van der Waals surface area contributed by atoms with Crippen LogP contribution < -0.4 is 5.32 Å². The van der Waals surface area contributed by atoms with E-state index in [0.29, 0.717) is 5.92 Å². The first-order valence-electron chi connectivity index (χ1n) is 5.83. The molecule has 0 radical (unpaired) electrons. The molecule has 0 aromatic heterocycles. The van der Waals surface area contributed by atoms with Crippen molar-refractivity contribution in [2.75, 3.05) is 13.2 Å². The molecule has 0 amide bonds. The van der Waals surface area contributed by atoms with Gasteiger partial charge in [-0.15, -0.1) is 0 Å². The zero-order valence-corrected chi connectivity index (χ0v) is 10.5. The molecule has 2 N–H and O–H groups in total. The van der Waals surface area contributed by atoms with Gasteiger partial charge in [0.15, 0.2) is 0 Å². The van der Waals surface area contributed by atoms with Crippen molar-refractivity contribution in [3.05, 3.63) is 34.9 Å². The zero-order valence-electron chi connectivity index (χ0n) is 9.75. The summed E-state index contributed by atoms with van der Waals surface area (Å²) in [5, 5.41) is 13.1. The zero-order chi connectivity index (χ0) is 11.8. The Kier molecular flexibility index (Phi) is 6.46. The topological polar surface area (TPSA) is 32.3 Å². The number of nitrogens with one attached hydrogen (secondary N) is 1. The molecular weight excluding hydrogens is 222 g/mol. The van der Waals surface area contributed by atoms with Gasteiger partial charge in [0.2, 0.25) is 0 Å². The van der Waals surface area contributed by atoms with E-state index in [9.17, 15) is 0 Å². The smallest absolute Gasteiger partial charge is 0.0450 e. The van der Waals surface area contributed by atoms with Crippen molar-refractivity contribution in [1.29, 1.82) is 0 Å². The largest absolute Gasteiger partial charge is 0.396 e. The van der Waals surface area contributed by atoms with Crippen LogP contribution in [0.15, 0.2) is 24.3 Å². The SMILES string of the molecule is CCC(CCO)CNCc1ccccc1Cl. The molecule has 1 aromatic rings. The Morgan fingerprint density at radius 1 is 1.38 bits per heavy atom. The van der Waals surface area contributed by atoms with E-state index >= 15 is 0 Å². The van der Waals surface area contributed by atoms with Crippen LogP contribution in [0.4, 0.5) is 0 Å². The second-order valence-corrected chi connectivity index (χ2v) is 4.42. The molecule has 0 saturated carbocycles. The van der Waals surface area contributed by atoms with Crippen LogP contribution in [0.2, 0.25) is 5.02 Å². The van der Waals surface area contributed by atoms with Crippen molar-refractivity contribution in [2.24, 2.45) is 5.92 Å². The van der Waals surface area contributed by atoms with Crippen LogP contribution >= 0.6 is 11.6 Å². The Labute approximate surface area is 103 Å². The molecule has 90 valence electrons. The van der Waals surface area contributed by atoms with E-state index in [0.717, 1.165) is 36.5 Å². The molecule has 0 heterocycles. The first-order valence-corrected chi connectivity index (χ1v) is 6.20. The summed E-state index contributed by atoms with van der Waals surface area (Å²) in [6.07, 6.45) is 1.96. The fourth-order valence-corrected chi connectivity index (χ4v) is 1.89. The molecule has 0 fully saturated rings. The van der Waals surface area contributed by atoms with E-state index in [1.54, 1.807) is 0 Å². The van der Waals surface area contributed by atoms with Crippen molar-refractivity contribution < 1.29 is 5.11 Å². The molecule has 2 nitrogen and oxygen atoms in total. The maximum Gasteiger partial charge on any atom is 0.0450 e. The molecule has 0 aliphatic rings. The van der Waals surface area contributed by atoms with Gasteiger partial charge in [0.05, 0.1) is 0 Å². The summed E-state index contributed by atoms with van der Waals surface area (Å²) in [6, 6.07) is 7.87. The average molecular weight is 242 g/mol. The minimum Gasteiger partial charge on any atom is -0.396 e. The van der Waals surface area contributed by atoms with Crippen LogP contribution in [-0.4, -0.2) is 18.3 Å². The number of rotatable bonds is 7. The van der Waals surface area contributed by atoms with E-state index < -0.39 is 0 Å². The van der Waals surface area contributed by atoms with Crippen molar-refractivity contribution in [3.8, 4) is 0 Å². The maximum atomic E-state index is 8.88. The van der Waals surface area contributed by atoms with Gasteiger partial charge in [0.1, 0.15) is 0 Å². The highest BCUT2D eigenvalue weighted by Crippen LogP contribution is 2.14. The summed E-state index contributed by atoms with van der Waals surface area (Å²) in [5.74, 6) is 0.549. The minimum absolute atomic E-state index is 0.270. The second kappa shape index (κ2) is 7.66. The normalized spacial score (nSPS) is 12.7. The summed E-state index contributed by atoms with van der Waals surface area (Å²) in [6.45, 7) is 4.15. The number of aliphatic hydroxyl groups is 1. The highest BCUT2D eigenvalue weighted by molar-refractivity contribution is 6.31. The van der Waals surface area contributed by atoms with Crippen LogP contribution in [-0.2, 0) is 6.54 Å². The molecule has 0 aliphatic heterocycles. The van der Waals surface area contributed by atoms with Crippen LogP contribution in [0.3, 0.4) is 0 Å². The summed E-state index contributed by atoms with van der Waals surface area (Å²) in [4.78, 5) is 0. The Bertz CT molecular complexity index is 304. The third-order valence-corrected chi connectivity index (χ3v) is 3.19. The summed E-state index contributed by atoms with van der Waals surface area (Å²) in [7, 11) is 0. The highest BCUT2D eigenvalue weighted by atomic mass is 35.5. The molecule has 3 heteroatoms. The Balaban J connectivity index is 2.32. The summed E-state index contributed by atoms with van der Waals surface area (Å²) in [5.41, 5.74) is 1.13. The highest BCUT2D eigenvalue weighted by Gasteiger charge is 2.05. The van der Waals surface area contributed by atoms with Crippen molar-refractivity contribution in [1.82, 2.24) is 5.32 Å². The third-order valence-electron chi connectivity index (χ3n) is 2.82. The van der Waals surface area contributed by atoms with E-state index in [1.807, 2.05) is 24.3 Å². The van der Waals surface area contributed by atoms with Crippen LogP contribution in [0.1, 0.15) is 25.3 Å². The second-order valence-electron chi connectivity index (χ2n) is 4.01. The van der Waals surface area contributed by atoms with Gasteiger partial charge < -0.3 is 10.4 Å². The van der Waals surface area contributed by atoms with Gasteiger partial charge in [-0.3, -0.25) is 0 Å². The predicted octanol–water partition coefficient (Wildman–Crippen LogP) is 2.84. The lowest BCUT2D eigenvalue weighted by molar-refractivity contribution is 0.251. The van der Waals surface area contributed by atoms with E-state index in [4.69, 9.17) is 16.7 Å². The van der Waals surface area contributed by atoms with E-state index in [2.05, 4.69) is 12.2 Å². The molecule has 0 spiro atoms. The maximum absolute atomic E-state index is 8.88. The van der Waals surface area contributed by atoms with Crippen LogP contribution in [0.5, 0.6) is 0 Å². The van der Waals surface area contributed by atoms with E-state index in [-0.39, 0.29) is 6.61 Å². The predicted molar refractivity (Wildman–Crippen MR) is 68.6 cm³/mol. The average Bonchev–Trinajstić information content (AvgIpc) is 2.30. The Morgan fingerprint density at radius 2 is 2.12 bits per heavy atom. The quantitative estimate of drug-likeness (QED) is 0.770. The summed E-state index contributed by atoms with van der Waals surface area (Å²) < 4.78 is 0. The molecule has 0 bridgehead atoms. The van der Waals surface area contributed by atoms with Gasteiger partial charge in [0.25, 0.3) is 0 Å². The monoisotopic (exact) mass is 241 g/mol. The standard InChI is InChI=1S/C13H20ClNO/c1-2-11(7-8-16)9-15-10-12-5-3-4-6-13(12)14/h3-6,11,15-16H,2,7-10H2,1H3. The number of aliphatic hydroxyl groups excluding tert-OH is 1. The summed E-state index contributed by atoms with van der Waals surface area (Å²) >= 11 is 6.05. The Hall–Kier alpha value is -0.570. The molecule has 1 rings (SSSR count). The molecule has 0 aliphatic carbocycles. The van der Waals surface area contributed by atoms with Crippen LogP contribution in [0, 0.1) is 5.92 Å². The fraction of sp³-hybridized carbons (Fsp3) is 0.538. The Morgan fingerprint density at radius 3 is 2.75 bits per heavy atom. The number of benzene rings is 1. The van der Waals surface area contributed by atoms with Crippen molar-refractivity contribution in [2.45, 2.75) is 26.3 Å². The third kappa shape index (κ3) is 4.52. The first-order chi connectivity index (χ1) is 7.77. The van der Waals surface area contributed by atoms with Gasteiger partial charge in [-0.1, -0.05) is 43.1 Å². The van der Waals surface area contributed by atoms with Crippen LogP contribution in [0.25, 0.3) is 0 Å². The lowest BCUT2D eigenvalue weighted by Gasteiger charge is -2.14. The van der Waals surface area contributed by atoms with Crippen molar-refractivity contribution in [3.63, 3.8) is 0 Å². The lowest BCUT2D eigenvalue weighted by atomic mass is 10.0. The lowest BCUT2D eigenvalue weighted by Crippen LogP contribution is -2.23. The van der Waals surface area contributed by atoms with Crippen molar-refractivity contribution >= 4 is 11.6 Å². The van der Waals surface area contributed by atoms with Gasteiger partial charge in [-0.05, 0) is 30.5 Å². The minimum atomic E-state index is 0.270. The fourth-order valence-electron chi connectivity index (χ4n) is 1.69. The first kappa shape index (κ1) is 13.5. The molecule has 1 aromatic carbocycles. The molecule has 1 atom stereocenters. The molecule has 16 heavy (non-hydrogen) atoms. The molecule has 1 unspecified atom stereocenters. The van der Waals surface area contributed by atoms with Gasteiger partial charge in [-0.25, -0.2) is 0 Å². The van der Waals surface area contributed by atoms with Gasteiger partial charge >= 0.3 is 0 Å². The van der Waals surface area contributed by atoms with Gasteiger partial charge in [0, 0.05) is 18.2 Å². The number of halogens is 1.